The van der Waals surface area contributed by atoms with E-state index >= 15 is 0 Å². The average molecular weight is 331 g/mol. The van der Waals surface area contributed by atoms with E-state index in [2.05, 4.69) is 19.8 Å². The van der Waals surface area contributed by atoms with Gasteiger partial charge < -0.3 is 14.8 Å². The number of hydrogen-bond acceptors (Lipinski definition) is 3. The molecule has 0 saturated carbocycles. The van der Waals surface area contributed by atoms with E-state index in [4.69, 9.17) is 0 Å². The number of piperazine rings is 1. The van der Waals surface area contributed by atoms with Crippen molar-refractivity contribution < 1.29 is 9.18 Å². The first kappa shape index (κ1) is 16.4. The Labute approximate surface area is 140 Å². The Morgan fingerprint density at radius 1 is 1.21 bits per heavy atom. The van der Waals surface area contributed by atoms with E-state index in [9.17, 15) is 9.18 Å². The number of benzene rings is 1. The monoisotopic (exact) mass is 331 g/mol. The molecule has 2 amide bonds. The third-order valence-corrected chi connectivity index (χ3v) is 4.36. The minimum Gasteiger partial charge on any atom is -0.334 e. The number of urea groups is 1. The first-order chi connectivity index (χ1) is 11.6. The molecule has 1 saturated heterocycles. The average Bonchev–Trinajstić information content (AvgIpc) is 3.00. The van der Waals surface area contributed by atoms with E-state index in [-0.39, 0.29) is 11.7 Å². The standard InChI is InChI=1S/C17H22FN5O/c1-14-19-6-7-22(14)11-8-21-9-12-23(13-10-21)17(24)20-16-5-3-2-4-15(16)18/h2-7H,8-13H2,1H3,(H,20,24). The van der Waals surface area contributed by atoms with Crippen molar-refractivity contribution in [3.05, 3.63) is 48.3 Å². The lowest BCUT2D eigenvalue weighted by atomic mass is 10.3. The van der Waals surface area contributed by atoms with Crippen LogP contribution in [-0.4, -0.2) is 58.1 Å². The van der Waals surface area contributed by atoms with Gasteiger partial charge in [-0.3, -0.25) is 4.90 Å². The number of nitrogens with zero attached hydrogens (tertiary/aromatic N) is 4. The van der Waals surface area contributed by atoms with Crippen molar-refractivity contribution in [3.8, 4) is 0 Å². The minimum absolute atomic E-state index is 0.223. The van der Waals surface area contributed by atoms with Crippen molar-refractivity contribution in [2.24, 2.45) is 0 Å². The molecule has 1 N–H and O–H groups in total. The van der Waals surface area contributed by atoms with Gasteiger partial charge in [-0.2, -0.15) is 0 Å². The summed E-state index contributed by atoms with van der Waals surface area (Å²) in [6.07, 6.45) is 3.79. The summed E-state index contributed by atoms with van der Waals surface area (Å²) in [6, 6.07) is 5.97. The van der Waals surface area contributed by atoms with Crippen molar-refractivity contribution in [1.29, 1.82) is 0 Å². The summed E-state index contributed by atoms with van der Waals surface area (Å²) >= 11 is 0. The molecule has 0 radical (unpaired) electrons. The van der Waals surface area contributed by atoms with Crippen LogP contribution in [0.2, 0.25) is 0 Å². The maximum absolute atomic E-state index is 13.6. The first-order valence-electron chi connectivity index (χ1n) is 8.14. The molecule has 1 aliphatic rings. The Morgan fingerprint density at radius 2 is 1.96 bits per heavy atom. The summed E-state index contributed by atoms with van der Waals surface area (Å²) in [5, 5.41) is 2.64. The van der Waals surface area contributed by atoms with Gasteiger partial charge in [0.1, 0.15) is 11.6 Å². The van der Waals surface area contributed by atoms with E-state index in [1.165, 1.54) is 6.07 Å². The summed E-state index contributed by atoms with van der Waals surface area (Å²) < 4.78 is 15.7. The molecule has 2 heterocycles. The van der Waals surface area contributed by atoms with Crippen LogP contribution < -0.4 is 5.32 Å². The lowest BCUT2D eigenvalue weighted by Gasteiger charge is -2.34. The number of amides is 2. The van der Waals surface area contributed by atoms with E-state index in [0.29, 0.717) is 13.1 Å². The third-order valence-electron chi connectivity index (χ3n) is 4.36. The van der Waals surface area contributed by atoms with Crippen LogP contribution >= 0.6 is 0 Å². The van der Waals surface area contributed by atoms with Gasteiger partial charge in [0.05, 0.1) is 5.69 Å². The molecule has 1 fully saturated rings. The second kappa shape index (κ2) is 7.44. The molecule has 0 unspecified atom stereocenters. The van der Waals surface area contributed by atoms with Crippen LogP contribution in [0.4, 0.5) is 14.9 Å². The number of aromatic nitrogens is 2. The van der Waals surface area contributed by atoms with Crippen LogP contribution in [-0.2, 0) is 6.54 Å². The zero-order valence-corrected chi connectivity index (χ0v) is 13.8. The number of rotatable bonds is 4. The Balaban J connectivity index is 1.45. The summed E-state index contributed by atoms with van der Waals surface area (Å²) in [7, 11) is 0. The largest absolute Gasteiger partial charge is 0.334 e. The Kier molecular flexibility index (Phi) is 5.10. The van der Waals surface area contributed by atoms with Crippen LogP contribution in [0.25, 0.3) is 0 Å². The number of carbonyl (C=O) groups excluding carboxylic acids is 1. The van der Waals surface area contributed by atoms with Crippen molar-refractivity contribution in [1.82, 2.24) is 19.4 Å². The normalized spacial score (nSPS) is 15.5. The van der Waals surface area contributed by atoms with Gasteiger partial charge in [0.25, 0.3) is 0 Å². The van der Waals surface area contributed by atoms with E-state index in [1.54, 1.807) is 29.3 Å². The minimum atomic E-state index is -0.416. The number of para-hydroxylation sites is 1. The molecule has 0 aliphatic carbocycles. The number of halogens is 1. The SMILES string of the molecule is Cc1nccn1CCN1CCN(C(=O)Nc2ccccc2F)CC1. The molecule has 24 heavy (non-hydrogen) atoms. The number of imidazole rings is 1. The number of anilines is 1. The van der Waals surface area contributed by atoms with Gasteiger partial charge in [0, 0.05) is 51.7 Å². The van der Waals surface area contributed by atoms with E-state index in [1.807, 2.05) is 13.1 Å². The third kappa shape index (κ3) is 3.91. The molecule has 1 aromatic heterocycles. The molecule has 3 rings (SSSR count). The molecular formula is C17H22FN5O. The molecule has 7 heteroatoms. The maximum Gasteiger partial charge on any atom is 0.322 e. The number of hydrogen-bond donors (Lipinski definition) is 1. The highest BCUT2D eigenvalue weighted by atomic mass is 19.1. The second-order valence-electron chi connectivity index (χ2n) is 5.91. The predicted octanol–water partition coefficient (Wildman–Crippen LogP) is 2.18. The van der Waals surface area contributed by atoms with Crippen LogP contribution in [0.1, 0.15) is 5.82 Å². The number of nitrogens with one attached hydrogen (secondary N) is 1. The molecule has 0 bridgehead atoms. The topological polar surface area (TPSA) is 53.4 Å². The molecule has 0 spiro atoms. The quantitative estimate of drug-likeness (QED) is 0.934. The van der Waals surface area contributed by atoms with Gasteiger partial charge >= 0.3 is 6.03 Å². The fourth-order valence-electron chi connectivity index (χ4n) is 2.82. The fraction of sp³-hybridized carbons (Fsp3) is 0.412. The van der Waals surface area contributed by atoms with Crippen molar-refractivity contribution in [3.63, 3.8) is 0 Å². The lowest BCUT2D eigenvalue weighted by molar-refractivity contribution is 0.144. The Morgan fingerprint density at radius 3 is 2.62 bits per heavy atom. The summed E-state index contributed by atoms with van der Waals surface area (Å²) in [5.74, 6) is 0.595. The van der Waals surface area contributed by atoms with Crippen LogP contribution in [0.3, 0.4) is 0 Å². The highest BCUT2D eigenvalue weighted by Gasteiger charge is 2.21. The van der Waals surface area contributed by atoms with Gasteiger partial charge in [-0.1, -0.05) is 12.1 Å². The smallest absolute Gasteiger partial charge is 0.322 e. The van der Waals surface area contributed by atoms with E-state index in [0.717, 1.165) is 32.0 Å². The molecular weight excluding hydrogens is 309 g/mol. The van der Waals surface area contributed by atoms with Gasteiger partial charge in [-0.05, 0) is 19.1 Å². The van der Waals surface area contributed by atoms with Crippen molar-refractivity contribution in [2.45, 2.75) is 13.5 Å². The van der Waals surface area contributed by atoms with Crippen LogP contribution in [0.5, 0.6) is 0 Å². The van der Waals surface area contributed by atoms with Crippen molar-refractivity contribution in [2.75, 3.05) is 38.0 Å². The Bertz CT molecular complexity index is 694. The molecule has 6 nitrogen and oxygen atoms in total. The predicted molar refractivity (Wildman–Crippen MR) is 90.4 cm³/mol. The summed E-state index contributed by atoms with van der Waals surface area (Å²) in [5.41, 5.74) is 0.223. The number of carbonyl (C=O) groups is 1. The fourth-order valence-corrected chi connectivity index (χ4v) is 2.82. The number of aryl methyl sites for hydroxylation is 1. The second-order valence-corrected chi connectivity index (χ2v) is 5.91. The Hall–Kier alpha value is -2.41. The molecule has 0 atom stereocenters. The first-order valence-corrected chi connectivity index (χ1v) is 8.14. The zero-order chi connectivity index (χ0) is 16.9. The van der Waals surface area contributed by atoms with Gasteiger partial charge in [-0.15, -0.1) is 0 Å². The molecule has 1 aromatic carbocycles. The molecule has 2 aromatic rings. The molecule has 1 aliphatic heterocycles. The maximum atomic E-state index is 13.6. The zero-order valence-electron chi connectivity index (χ0n) is 13.8. The lowest BCUT2D eigenvalue weighted by Crippen LogP contribution is -2.50. The highest BCUT2D eigenvalue weighted by Crippen LogP contribution is 2.14. The summed E-state index contributed by atoms with van der Waals surface area (Å²) in [4.78, 5) is 20.5. The van der Waals surface area contributed by atoms with Crippen molar-refractivity contribution >= 4 is 11.7 Å². The van der Waals surface area contributed by atoms with Crippen LogP contribution in [0, 0.1) is 12.7 Å². The van der Waals surface area contributed by atoms with Gasteiger partial charge in [0.2, 0.25) is 0 Å². The van der Waals surface area contributed by atoms with E-state index < -0.39 is 5.82 Å². The highest BCUT2D eigenvalue weighted by molar-refractivity contribution is 5.89. The van der Waals surface area contributed by atoms with Crippen LogP contribution in [0.15, 0.2) is 36.7 Å². The van der Waals surface area contributed by atoms with Gasteiger partial charge in [0.15, 0.2) is 0 Å². The van der Waals surface area contributed by atoms with Gasteiger partial charge in [-0.25, -0.2) is 14.2 Å². The summed E-state index contributed by atoms with van der Waals surface area (Å²) in [6.45, 7) is 6.74. The molecule has 128 valence electrons.